The van der Waals surface area contributed by atoms with Crippen LogP contribution in [0.2, 0.25) is 5.02 Å². The molecule has 0 saturated carbocycles. The van der Waals surface area contributed by atoms with E-state index in [1.165, 1.54) is 12.1 Å². The molecule has 3 nitrogen and oxygen atoms in total. The molecule has 0 fully saturated rings. The van der Waals surface area contributed by atoms with Crippen molar-refractivity contribution in [3.05, 3.63) is 58.9 Å². The third-order valence-corrected chi connectivity index (χ3v) is 2.90. The minimum Gasteiger partial charge on any atom is -0.307 e. The summed E-state index contributed by atoms with van der Waals surface area (Å²) in [5.74, 6) is -0.404. The zero-order valence-corrected chi connectivity index (χ0v) is 11.0. The third kappa shape index (κ3) is 3.45. The number of amides is 2. The molecule has 5 heteroatoms. The standard InChI is InChI=1S/C14H12ClFN2O/c1-9-6-7-10(16)8-13(9)18-14(19)17-12-5-3-2-4-11(12)15/h2-8H,1H3,(H2,17,18,19). The lowest BCUT2D eigenvalue weighted by atomic mass is 10.2. The summed E-state index contributed by atoms with van der Waals surface area (Å²) in [6, 6.07) is 10.6. The van der Waals surface area contributed by atoms with Gasteiger partial charge in [0.25, 0.3) is 0 Å². The van der Waals surface area contributed by atoms with Crippen LogP contribution in [-0.2, 0) is 0 Å². The predicted octanol–water partition coefficient (Wildman–Crippen LogP) is 4.43. The molecule has 2 N–H and O–H groups in total. The lowest BCUT2D eigenvalue weighted by Crippen LogP contribution is -2.20. The Bertz CT molecular complexity index is 616. The number of benzene rings is 2. The van der Waals surface area contributed by atoms with E-state index in [0.717, 1.165) is 5.56 Å². The molecule has 0 radical (unpaired) electrons. The maximum Gasteiger partial charge on any atom is 0.323 e. The largest absolute Gasteiger partial charge is 0.323 e. The number of hydrogen-bond acceptors (Lipinski definition) is 1. The summed E-state index contributed by atoms with van der Waals surface area (Å²) in [6.07, 6.45) is 0. The summed E-state index contributed by atoms with van der Waals surface area (Å²) in [4.78, 5) is 11.8. The van der Waals surface area contributed by atoms with Crippen molar-refractivity contribution in [3.63, 3.8) is 0 Å². The van der Waals surface area contributed by atoms with Crippen LogP contribution in [0.3, 0.4) is 0 Å². The molecule has 0 aliphatic rings. The number of rotatable bonds is 2. The topological polar surface area (TPSA) is 41.1 Å². The lowest BCUT2D eigenvalue weighted by molar-refractivity contribution is 0.262. The van der Waals surface area contributed by atoms with Gasteiger partial charge < -0.3 is 10.6 Å². The van der Waals surface area contributed by atoms with E-state index in [1.54, 1.807) is 37.3 Å². The van der Waals surface area contributed by atoms with Gasteiger partial charge in [-0.1, -0.05) is 29.8 Å². The van der Waals surface area contributed by atoms with Crippen LogP contribution in [0.1, 0.15) is 5.56 Å². The predicted molar refractivity (Wildman–Crippen MR) is 75.2 cm³/mol. The lowest BCUT2D eigenvalue weighted by Gasteiger charge is -2.10. The maximum atomic E-state index is 13.1. The molecule has 2 rings (SSSR count). The van der Waals surface area contributed by atoms with Crippen LogP contribution < -0.4 is 10.6 Å². The van der Waals surface area contributed by atoms with E-state index < -0.39 is 11.8 Å². The van der Waals surface area contributed by atoms with Crippen molar-refractivity contribution in [3.8, 4) is 0 Å². The zero-order chi connectivity index (χ0) is 13.8. The van der Waals surface area contributed by atoms with Crippen LogP contribution in [0.4, 0.5) is 20.6 Å². The van der Waals surface area contributed by atoms with Gasteiger partial charge in [0, 0.05) is 5.69 Å². The molecule has 19 heavy (non-hydrogen) atoms. The number of carbonyl (C=O) groups excluding carboxylic acids is 1. The normalized spacial score (nSPS) is 10.1. The van der Waals surface area contributed by atoms with Gasteiger partial charge in [0.15, 0.2) is 0 Å². The Morgan fingerprint density at radius 1 is 1.11 bits per heavy atom. The van der Waals surface area contributed by atoms with Gasteiger partial charge in [-0.05, 0) is 36.8 Å². The van der Waals surface area contributed by atoms with Gasteiger partial charge in [0.2, 0.25) is 0 Å². The van der Waals surface area contributed by atoms with Crippen molar-refractivity contribution in [2.24, 2.45) is 0 Å². The molecule has 2 amide bonds. The van der Waals surface area contributed by atoms with E-state index in [4.69, 9.17) is 11.6 Å². The first-order valence-electron chi connectivity index (χ1n) is 5.65. The molecule has 0 bridgehead atoms. The van der Waals surface area contributed by atoms with Crippen LogP contribution in [-0.4, -0.2) is 6.03 Å². The number of urea groups is 1. The van der Waals surface area contributed by atoms with Crippen molar-refractivity contribution in [1.29, 1.82) is 0 Å². The Balaban J connectivity index is 2.10. The quantitative estimate of drug-likeness (QED) is 0.838. The minimum absolute atomic E-state index is 0.404. The monoisotopic (exact) mass is 278 g/mol. The summed E-state index contributed by atoms with van der Waals surface area (Å²) in [5.41, 5.74) is 1.69. The minimum atomic E-state index is -0.471. The second-order valence-electron chi connectivity index (χ2n) is 4.02. The molecule has 2 aromatic rings. The first kappa shape index (κ1) is 13.4. The van der Waals surface area contributed by atoms with Crippen LogP contribution >= 0.6 is 11.6 Å². The van der Waals surface area contributed by atoms with Crippen LogP contribution in [0.25, 0.3) is 0 Å². The fourth-order valence-corrected chi connectivity index (χ4v) is 1.75. The van der Waals surface area contributed by atoms with Gasteiger partial charge in [0.05, 0.1) is 10.7 Å². The van der Waals surface area contributed by atoms with Crippen molar-refractivity contribution in [2.45, 2.75) is 6.92 Å². The fraction of sp³-hybridized carbons (Fsp3) is 0.0714. The molecule has 0 aliphatic carbocycles. The van der Waals surface area contributed by atoms with Gasteiger partial charge in [-0.2, -0.15) is 0 Å². The number of para-hydroxylation sites is 1. The Hall–Kier alpha value is -2.07. The van der Waals surface area contributed by atoms with Gasteiger partial charge in [-0.3, -0.25) is 0 Å². The molecule has 0 unspecified atom stereocenters. The van der Waals surface area contributed by atoms with Gasteiger partial charge in [-0.25, -0.2) is 9.18 Å². The second-order valence-corrected chi connectivity index (χ2v) is 4.43. The average Bonchev–Trinajstić information content (AvgIpc) is 2.37. The Kier molecular flexibility index (Phi) is 4.02. The SMILES string of the molecule is Cc1ccc(F)cc1NC(=O)Nc1ccccc1Cl. The highest BCUT2D eigenvalue weighted by atomic mass is 35.5. The van der Waals surface area contributed by atoms with E-state index in [1.807, 2.05) is 0 Å². The summed E-state index contributed by atoms with van der Waals surface area (Å²) >= 11 is 5.93. The van der Waals surface area contributed by atoms with Crippen LogP contribution in [0, 0.1) is 12.7 Å². The molecule has 0 atom stereocenters. The first-order chi connectivity index (χ1) is 9.06. The number of hydrogen-bond donors (Lipinski definition) is 2. The average molecular weight is 279 g/mol. The van der Waals surface area contributed by atoms with Crippen LogP contribution in [0.15, 0.2) is 42.5 Å². The first-order valence-corrected chi connectivity index (χ1v) is 6.03. The summed E-state index contributed by atoms with van der Waals surface area (Å²) < 4.78 is 13.1. The Morgan fingerprint density at radius 3 is 2.53 bits per heavy atom. The van der Waals surface area contributed by atoms with E-state index in [2.05, 4.69) is 10.6 Å². The number of nitrogens with one attached hydrogen (secondary N) is 2. The summed E-state index contributed by atoms with van der Waals surface area (Å²) in [6.45, 7) is 1.78. The van der Waals surface area contributed by atoms with Gasteiger partial charge in [-0.15, -0.1) is 0 Å². The van der Waals surface area contributed by atoms with Gasteiger partial charge in [0.1, 0.15) is 5.82 Å². The number of carbonyl (C=O) groups is 1. The summed E-state index contributed by atoms with van der Waals surface area (Å²) in [5, 5.41) is 5.62. The third-order valence-electron chi connectivity index (χ3n) is 2.57. The Morgan fingerprint density at radius 2 is 1.79 bits per heavy atom. The molecular formula is C14H12ClFN2O. The number of aryl methyl sites for hydroxylation is 1. The highest BCUT2D eigenvalue weighted by Crippen LogP contribution is 2.21. The van der Waals surface area contributed by atoms with Crippen molar-refractivity contribution in [1.82, 2.24) is 0 Å². The zero-order valence-electron chi connectivity index (χ0n) is 10.2. The molecular weight excluding hydrogens is 267 g/mol. The van der Waals surface area contributed by atoms with Gasteiger partial charge >= 0.3 is 6.03 Å². The second kappa shape index (κ2) is 5.71. The molecule has 0 aliphatic heterocycles. The van der Waals surface area contributed by atoms with E-state index >= 15 is 0 Å². The molecule has 0 spiro atoms. The maximum absolute atomic E-state index is 13.1. The van der Waals surface area contributed by atoms with E-state index in [0.29, 0.717) is 16.4 Å². The Labute approximate surface area is 115 Å². The van der Waals surface area contributed by atoms with E-state index in [9.17, 15) is 9.18 Å². The smallest absolute Gasteiger partial charge is 0.307 e. The molecule has 0 saturated heterocycles. The number of halogens is 2. The molecule has 0 heterocycles. The van der Waals surface area contributed by atoms with Crippen molar-refractivity contribution in [2.75, 3.05) is 10.6 Å². The van der Waals surface area contributed by atoms with Crippen molar-refractivity contribution < 1.29 is 9.18 Å². The molecule has 0 aromatic heterocycles. The highest BCUT2D eigenvalue weighted by molar-refractivity contribution is 6.33. The van der Waals surface area contributed by atoms with Crippen molar-refractivity contribution >= 4 is 29.0 Å². The number of anilines is 2. The molecule has 2 aromatic carbocycles. The fourth-order valence-electron chi connectivity index (χ4n) is 1.57. The highest BCUT2D eigenvalue weighted by Gasteiger charge is 2.07. The van der Waals surface area contributed by atoms with Crippen LogP contribution in [0.5, 0.6) is 0 Å². The molecule has 98 valence electrons. The van der Waals surface area contributed by atoms with E-state index in [-0.39, 0.29) is 0 Å². The summed E-state index contributed by atoms with van der Waals surface area (Å²) in [7, 11) is 0.